The van der Waals surface area contributed by atoms with Crippen LogP contribution in [0, 0.1) is 0 Å². The Morgan fingerprint density at radius 3 is 1.83 bits per heavy atom. The van der Waals surface area contributed by atoms with Crippen molar-refractivity contribution in [3.05, 3.63) is 182 Å². The van der Waals surface area contributed by atoms with Crippen LogP contribution in [0.15, 0.2) is 182 Å². The van der Waals surface area contributed by atoms with Crippen molar-refractivity contribution < 1.29 is 4.74 Å². The molecule has 3 heterocycles. The van der Waals surface area contributed by atoms with Crippen molar-refractivity contribution in [2.75, 3.05) is 0 Å². The minimum Gasteiger partial charge on any atom is -0.456 e. The lowest BCUT2D eigenvalue weighted by atomic mass is 9.90. The average Bonchev–Trinajstić information content (AvgIpc) is 3.74. The Labute approximate surface area is 305 Å². The van der Waals surface area contributed by atoms with E-state index in [1.807, 2.05) is 0 Å². The van der Waals surface area contributed by atoms with Crippen LogP contribution in [0.25, 0.3) is 98.8 Å². The summed E-state index contributed by atoms with van der Waals surface area (Å²) in [7, 11) is 0. The quantitative estimate of drug-likeness (QED) is 0.183. The van der Waals surface area contributed by atoms with Crippen LogP contribution in [0.2, 0.25) is 0 Å². The number of nitrogens with zero attached hydrogens (tertiary/aromatic N) is 2. The lowest BCUT2D eigenvalue weighted by Crippen LogP contribution is -1.99. The molecule has 11 aromatic rings. The van der Waals surface area contributed by atoms with Gasteiger partial charge in [0.2, 0.25) is 0 Å². The first kappa shape index (κ1) is 28.6. The molecule has 1 aliphatic rings. The maximum atomic E-state index is 6.91. The monoisotopic (exact) mass is 674 g/mol. The van der Waals surface area contributed by atoms with Gasteiger partial charge in [0.15, 0.2) is 0 Å². The molecule has 3 heteroatoms. The molecular weight excluding hydrogens is 645 g/mol. The molecule has 12 rings (SSSR count). The molecule has 2 aromatic heterocycles. The van der Waals surface area contributed by atoms with Crippen LogP contribution in [0.1, 0.15) is 0 Å². The van der Waals surface area contributed by atoms with E-state index in [-0.39, 0.29) is 0 Å². The van der Waals surface area contributed by atoms with Gasteiger partial charge in [-0.1, -0.05) is 121 Å². The molecule has 9 aromatic carbocycles. The summed E-state index contributed by atoms with van der Waals surface area (Å²) in [5.74, 6) is 1.77. The first-order chi connectivity index (χ1) is 26.3. The van der Waals surface area contributed by atoms with E-state index < -0.39 is 0 Å². The third kappa shape index (κ3) is 3.99. The second-order valence-corrected chi connectivity index (χ2v) is 14.1. The fourth-order valence-electron chi connectivity index (χ4n) is 9.03. The van der Waals surface area contributed by atoms with E-state index in [4.69, 9.17) is 4.74 Å². The highest BCUT2D eigenvalue weighted by molar-refractivity contribution is 6.25. The van der Waals surface area contributed by atoms with Crippen LogP contribution in [-0.2, 0) is 0 Å². The van der Waals surface area contributed by atoms with Crippen molar-refractivity contribution in [3.63, 3.8) is 0 Å². The Morgan fingerprint density at radius 2 is 0.981 bits per heavy atom. The normalized spacial score (nSPS) is 12.3. The van der Waals surface area contributed by atoms with Crippen LogP contribution >= 0.6 is 0 Å². The van der Waals surface area contributed by atoms with E-state index in [1.54, 1.807) is 0 Å². The van der Waals surface area contributed by atoms with E-state index in [0.717, 1.165) is 39.3 Å². The maximum Gasteiger partial charge on any atom is 0.138 e. The lowest BCUT2D eigenvalue weighted by Gasteiger charge is -2.23. The zero-order valence-corrected chi connectivity index (χ0v) is 28.6. The highest BCUT2D eigenvalue weighted by atomic mass is 16.5. The van der Waals surface area contributed by atoms with Gasteiger partial charge >= 0.3 is 0 Å². The second-order valence-electron chi connectivity index (χ2n) is 14.1. The predicted octanol–water partition coefficient (Wildman–Crippen LogP) is 13.6. The molecule has 1 aliphatic heterocycles. The third-order valence-electron chi connectivity index (χ3n) is 11.3. The summed E-state index contributed by atoms with van der Waals surface area (Å²) in [6.07, 6.45) is 0. The smallest absolute Gasteiger partial charge is 0.138 e. The SMILES string of the molecule is c1ccc(-n2c3ccccc3c3c(-c4ccc5c(c4)-c4cccc6c4c(cc4c6c6ccccc6n4-c4ccc6ccccc6c4)O5)cccc32)cc1. The minimum absolute atomic E-state index is 0.875. The first-order valence-electron chi connectivity index (χ1n) is 18.2. The first-order valence-corrected chi connectivity index (χ1v) is 18.2. The van der Waals surface area contributed by atoms with Gasteiger partial charge in [0.25, 0.3) is 0 Å². The summed E-state index contributed by atoms with van der Waals surface area (Å²) < 4.78 is 11.7. The van der Waals surface area contributed by atoms with Gasteiger partial charge in [0, 0.05) is 49.9 Å². The van der Waals surface area contributed by atoms with Crippen molar-refractivity contribution >= 4 is 65.2 Å². The number of aromatic nitrogens is 2. The third-order valence-corrected chi connectivity index (χ3v) is 11.3. The Kier molecular flexibility index (Phi) is 5.77. The number of rotatable bonds is 3. The molecule has 246 valence electrons. The largest absolute Gasteiger partial charge is 0.456 e. The fourth-order valence-corrected chi connectivity index (χ4v) is 9.03. The number of hydrogen-bond donors (Lipinski definition) is 0. The molecule has 0 saturated carbocycles. The van der Waals surface area contributed by atoms with Crippen LogP contribution < -0.4 is 4.74 Å². The molecule has 0 amide bonds. The van der Waals surface area contributed by atoms with Crippen LogP contribution in [-0.4, -0.2) is 9.13 Å². The molecule has 0 N–H and O–H groups in total. The molecule has 3 nitrogen and oxygen atoms in total. The van der Waals surface area contributed by atoms with Crippen molar-refractivity contribution in [3.8, 4) is 45.1 Å². The fraction of sp³-hybridized carbons (Fsp3) is 0. The molecule has 0 unspecified atom stereocenters. The highest BCUT2D eigenvalue weighted by Gasteiger charge is 2.26. The summed E-state index contributed by atoms with van der Waals surface area (Å²) in [6.45, 7) is 0. The van der Waals surface area contributed by atoms with Gasteiger partial charge in [-0.3, -0.25) is 0 Å². The van der Waals surface area contributed by atoms with Gasteiger partial charge in [-0.05, 0) is 87.4 Å². The van der Waals surface area contributed by atoms with E-state index in [2.05, 4.69) is 191 Å². The van der Waals surface area contributed by atoms with Gasteiger partial charge in [-0.2, -0.15) is 0 Å². The number of hydrogen-bond acceptors (Lipinski definition) is 1. The molecule has 0 spiro atoms. The molecule has 0 saturated heterocycles. The molecule has 53 heavy (non-hydrogen) atoms. The molecule has 0 fully saturated rings. The molecule has 0 atom stereocenters. The van der Waals surface area contributed by atoms with E-state index in [1.165, 1.54) is 70.9 Å². The van der Waals surface area contributed by atoms with Gasteiger partial charge < -0.3 is 13.9 Å². The average molecular weight is 675 g/mol. The van der Waals surface area contributed by atoms with E-state index in [0.29, 0.717) is 0 Å². The van der Waals surface area contributed by atoms with E-state index in [9.17, 15) is 0 Å². The topological polar surface area (TPSA) is 19.1 Å². The molecule has 0 aliphatic carbocycles. The van der Waals surface area contributed by atoms with Crippen LogP contribution in [0.3, 0.4) is 0 Å². The van der Waals surface area contributed by atoms with Crippen molar-refractivity contribution in [2.45, 2.75) is 0 Å². The van der Waals surface area contributed by atoms with Crippen molar-refractivity contribution in [1.82, 2.24) is 9.13 Å². The number of para-hydroxylation sites is 3. The summed E-state index contributed by atoms with van der Waals surface area (Å²) in [5, 5.41) is 9.80. The molecule has 0 radical (unpaired) electrons. The van der Waals surface area contributed by atoms with Crippen LogP contribution in [0.4, 0.5) is 0 Å². The summed E-state index contributed by atoms with van der Waals surface area (Å²) in [6, 6.07) is 65.9. The second kappa shape index (κ2) is 10.7. The zero-order valence-electron chi connectivity index (χ0n) is 28.6. The predicted molar refractivity (Wildman–Crippen MR) is 221 cm³/mol. The summed E-state index contributed by atoms with van der Waals surface area (Å²) >= 11 is 0. The van der Waals surface area contributed by atoms with Crippen LogP contribution in [0.5, 0.6) is 11.5 Å². The van der Waals surface area contributed by atoms with Crippen molar-refractivity contribution in [1.29, 1.82) is 0 Å². The Bertz CT molecular complexity index is 3310. The number of fused-ring (bicyclic) bond motifs is 10. The minimum atomic E-state index is 0.875. The van der Waals surface area contributed by atoms with Crippen molar-refractivity contribution in [2.24, 2.45) is 0 Å². The maximum absolute atomic E-state index is 6.91. The number of benzene rings is 9. The Morgan fingerprint density at radius 1 is 0.321 bits per heavy atom. The number of ether oxygens (including phenoxy) is 1. The summed E-state index contributed by atoms with van der Waals surface area (Å²) in [4.78, 5) is 0. The summed E-state index contributed by atoms with van der Waals surface area (Å²) in [5.41, 5.74) is 11.7. The highest BCUT2D eigenvalue weighted by Crippen LogP contribution is 2.52. The lowest BCUT2D eigenvalue weighted by molar-refractivity contribution is 0.487. The molecular formula is C50H30N2O. The Balaban J connectivity index is 1.09. The van der Waals surface area contributed by atoms with Gasteiger partial charge in [-0.25, -0.2) is 0 Å². The van der Waals surface area contributed by atoms with Gasteiger partial charge in [0.1, 0.15) is 11.5 Å². The standard InChI is InChI=1S/C50H30N2O/c1-2-14-34(15-3-1)51-42-21-8-6-16-38(42)48-36(18-11-23-44(48)51)33-25-27-46-41(29-33)37-19-10-20-40-49-39-17-7-9-22-43(39)52(45(49)30-47(53-46)50(37)40)35-26-24-31-12-4-5-13-32(31)28-35/h1-30H. The molecule has 0 bridgehead atoms. The van der Waals surface area contributed by atoms with Gasteiger partial charge in [0.05, 0.1) is 22.1 Å². The zero-order chi connectivity index (χ0) is 34.6. The van der Waals surface area contributed by atoms with E-state index >= 15 is 0 Å². The van der Waals surface area contributed by atoms with Gasteiger partial charge in [-0.15, -0.1) is 0 Å². The Hall–Kier alpha value is -7.10.